The van der Waals surface area contributed by atoms with E-state index in [9.17, 15) is 8.42 Å². The third-order valence-electron chi connectivity index (χ3n) is 3.72. The van der Waals surface area contributed by atoms with Crippen LogP contribution in [0.3, 0.4) is 0 Å². The van der Waals surface area contributed by atoms with Crippen LogP contribution in [0.5, 0.6) is 0 Å². The summed E-state index contributed by atoms with van der Waals surface area (Å²) in [5, 5.41) is 0. The summed E-state index contributed by atoms with van der Waals surface area (Å²) in [6.45, 7) is 6.38. The Hall–Kier alpha value is -0.910. The first-order chi connectivity index (χ1) is 9.35. The summed E-state index contributed by atoms with van der Waals surface area (Å²) in [6, 6.07) is 10.0. The summed E-state index contributed by atoms with van der Waals surface area (Å²) in [6.07, 6.45) is 0.666. The fourth-order valence-electron chi connectivity index (χ4n) is 2.52. The normalized spacial score (nSPS) is 23.6. The maximum atomic E-state index is 12.2. The zero-order valence-electron chi connectivity index (χ0n) is 12.4. The van der Waals surface area contributed by atoms with Crippen molar-refractivity contribution in [3.63, 3.8) is 0 Å². The molecule has 1 fully saturated rings. The average molecular weight is 297 g/mol. The minimum atomic E-state index is -3.20. The highest BCUT2D eigenvalue weighted by atomic mass is 32.2. The molecular weight excluding hydrogens is 274 g/mol. The molecule has 1 saturated heterocycles. The van der Waals surface area contributed by atoms with Gasteiger partial charge in [0.15, 0.2) is 0 Å². The summed E-state index contributed by atoms with van der Waals surface area (Å²) in [7, 11) is -3.20. The van der Waals surface area contributed by atoms with Crippen molar-refractivity contribution in [2.75, 3.05) is 18.9 Å². The molecule has 112 valence electrons. The highest BCUT2D eigenvalue weighted by Crippen LogP contribution is 2.26. The molecule has 0 amide bonds. The number of ether oxygens (including phenoxy) is 1. The molecule has 1 heterocycles. The van der Waals surface area contributed by atoms with Crippen LogP contribution in [0.25, 0.3) is 0 Å². The Morgan fingerprint density at radius 3 is 2.55 bits per heavy atom. The van der Waals surface area contributed by atoms with Crippen molar-refractivity contribution in [1.29, 1.82) is 0 Å². The molecule has 1 aliphatic rings. The van der Waals surface area contributed by atoms with Gasteiger partial charge in [0.25, 0.3) is 0 Å². The largest absolute Gasteiger partial charge is 0.375 e. The number of rotatable bonds is 4. The lowest BCUT2D eigenvalue weighted by molar-refractivity contribution is -0.0628. The Morgan fingerprint density at radius 1 is 1.30 bits per heavy atom. The van der Waals surface area contributed by atoms with E-state index in [2.05, 4.69) is 0 Å². The summed E-state index contributed by atoms with van der Waals surface area (Å²) in [5.74, 6) is 0.133. The van der Waals surface area contributed by atoms with E-state index in [1.54, 1.807) is 11.2 Å². The van der Waals surface area contributed by atoms with Crippen molar-refractivity contribution >= 4 is 10.0 Å². The number of benzene rings is 1. The fourth-order valence-corrected chi connectivity index (χ4v) is 4.04. The molecular formula is C15H23NO3S. The topological polar surface area (TPSA) is 46.6 Å². The summed E-state index contributed by atoms with van der Waals surface area (Å²) in [5.41, 5.74) is 0.702. The molecule has 2 rings (SSSR count). The molecule has 1 aliphatic heterocycles. The van der Waals surface area contributed by atoms with E-state index >= 15 is 0 Å². The van der Waals surface area contributed by atoms with Gasteiger partial charge in [0.2, 0.25) is 10.0 Å². The molecule has 4 nitrogen and oxygen atoms in total. The molecule has 0 aromatic heterocycles. The number of morpholine rings is 1. The fraction of sp³-hybridized carbons (Fsp3) is 0.600. The standard InChI is InChI=1S/C15H23NO3S/c1-4-20(17,18)16-11-14(19-12-15(16,2)3)10-13-8-6-5-7-9-13/h5-9,14H,4,10-12H2,1-3H3. The van der Waals surface area contributed by atoms with Gasteiger partial charge in [-0.05, 0) is 32.8 Å². The van der Waals surface area contributed by atoms with Crippen molar-refractivity contribution in [1.82, 2.24) is 4.31 Å². The Morgan fingerprint density at radius 2 is 1.95 bits per heavy atom. The van der Waals surface area contributed by atoms with Gasteiger partial charge in [-0.3, -0.25) is 0 Å². The molecule has 1 unspecified atom stereocenters. The smallest absolute Gasteiger partial charge is 0.214 e. The van der Waals surface area contributed by atoms with Gasteiger partial charge in [0.1, 0.15) is 0 Å². The van der Waals surface area contributed by atoms with Gasteiger partial charge >= 0.3 is 0 Å². The SMILES string of the molecule is CCS(=O)(=O)N1CC(Cc2ccccc2)OCC1(C)C. The number of hydrogen-bond donors (Lipinski definition) is 0. The number of nitrogens with zero attached hydrogens (tertiary/aromatic N) is 1. The first-order valence-electron chi connectivity index (χ1n) is 7.01. The van der Waals surface area contributed by atoms with Crippen LogP contribution in [-0.4, -0.2) is 43.3 Å². The second kappa shape index (κ2) is 5.84. The highest BCUT2D eigenvalue weighted by Gasteiger charge is 2.41. The second-order valence-electron chi connectivity index (χ2n) is 5.87. The molecule has 0 aliphatic carbocycles. The lowest BCUT2D eigenvalue weighted by Gasteiger charge is -2.44. The zero-order valence-corrected chi connectivity index (χ0v) is 13.2. The average Bonchev–Trinajstić information content (AvgIpc) is 2.42. The maximum absolute atomic E-state index is 12.2. The van der Waals surface area contributed by atoms with Crippen molar-refractivity contribution in [3.05, 3.63) is 35.9 Å². The van der Waals surface area contributed by atoms with Gasteiger partial charge in [-0.1, -0.05) is 30.3 Å². The van der Waals surface area contributed by atoms with E-state index in [1.165, 1.54) is 5.56 Å². The van der Waals surface area contributed by atoms with E-state index < -0.39 is 15.6 Å². The van der Waals surface area contributed by atoms with Crippen LogP contribution >= 0.6 is 0 Å². The molecule has 5 heteroatoms. The molecule has 20 heavy (non-hydrogen) atoms. The summed E-state index contributed by atoms with van der Waals surface area (Å²) < 4.78 is 31.9. The van der Waals surface area contributed by atoms with Crippen LogP contribution in [-0.2, 0) is 21.2 Å². The van der Waals surface area contributed by atoms with Gasteiger partial charge in [-0.15, -0.1) is 0 Å². The quantitative estimate of drug-likeness (QED) is 0.854. The first-order valence-corrected chi connectivity index (χ1v) is 8.62. The van der Waals surface area contributed by atoms with E-state index in [0.29, 0.717) is 13.2 Å². The lowest BCUT2D eigenvalue weighted by atomic mass is 10.0. The van der Waals surface area contributed by atoms with E-state index in [4.69, 9.17) is 4.74 Å². The van der Waals surface area contributed by atoms with Gasteiger partial charge in [-0.25, -0.2) is 8.42 Å². The molecule has 0 N–H and O–H groups in total. The van der Waals surface area contributed by atoms with Crippen LogP contribution in [0.4, 0.5) is 0 Å². The first kappa shape index (κ1) is 15.5. The van der Waals surface area contributed by atoms with Crippen LogP contribution in [0, 0.1) is 0 Å². The van der Waals surface area contributed by atoms with Crippen LogP contribution in [0.15, 0.2) is 30.3 Å². The predicted molar refractivity (Wildman–Crippen MR) is 80.1 cm³/mol. The second-order valence-corrected chi connectivity index (χ2v) is 8.05. The molecule has 0 bridgehead atoms. The van der Waals surface area contributed by atoms with E-state index in [1.807, 2.05) is 44.2 Å². The maximum Gasteiger partial charge on any atom is 0.214 e. The molecule has 1 aromatic carbocycles. The van der Waals surface area contributed by atoms with E-state index in [-0.39, 0.29) is 11.9 Å². The van der Waals surface area contributed by atoms with Crippen molar-refractivity contribution in [3.8, 4) is 0 Å². The van der Waals surface area contributed by atoms with Crippen molar-refractivity contribution in [2.45, 2.75) is 38.8 Å². The third-order valence-corrected chi connectivity index (χ3v) is 5.77. The molecule has 0 spiro atoms. The van der Waals surface area contributed by atoms with Crippen LogP contribution in [0.2, 0.25) is 0 Å². The number of hydrogen-bond acceptors (Lipinski definition) is 3. The molecule has 1 aromatic rings. The van der Waals surface area contributed by atoms with Gasteiger partial charge in [0, 0.05) is 6.54 Å². The van der Waals surface area contributed by atoms with Gasteiger partial charge in [0.05, 0.1) is 24.0 Å². The van der Waals surface area contributed by atoms with Crippen molar-refractivity contribution < 1.29 is 13.2 Å². The predicted octanol–water partition coefficient (Wildman–Crippen LogP) is 2.06. The third kappa shape index (κ3) is 3.40. The Bertz CT molecular complexity index is 539. The van der Waals surface area contributed by atoms with Crippen molar-refractivity contribution in [2.24, 2.45) is 0 Å². The minimum Gasteiger partial charge on any atom is -0.375 e. The Kier molecular flexibility index (Phi) is 4.52. The zero-order chi connectivity index (χ0) is 14.8. The van der Waals surface area contributed by atoms with Gasteiger partial charge in [-0.2, -0.15) is 4.31 Å². The Labute approximate surface area is 121 Å². The van der Waals surface area contributed by atoms with Crippen LogP contribution < -0.4 is 0 Å². The van der Waals surface area contributed by atoms with E-state index in [0.717, 1.165) is 6.42 Å². The monoisotopic (exact) mass is 297 g/mol. The summed E-state index contributed by atoms with van der Waals surface area (Å²) in [4.78, 5) is 0. The highest BCUT2D eigenvalue weighted by molar-refractivity contribution is 7.89. The summed E-state index contributed by atoms with van der Waals surface area (Å²) >= 11 is 0. The molecule has 1 atom stereocenters. The lowest BCUT2D eigenvalue weighted by Crippen LogP contribution is -2.58. The molecule has 0 saturated carbocycles. The minimum absolute atomic E-state index is 0.0771. The Balaban J connectivity index is 2.13. The van der Waals surface area contributed by atoms with Gasteiger partial charge < -0.3 is 4.74 Å². The number of sulfonamides is 1. The van der Waals surface area contributed by atoms with Crippen LogP contribution in [0.1, 0.15) is 26.3 Å². The molecule has 0 radical (unpaired) electrons.